The number of amides is 2. The van der Waals surface area contributed by atoms with E-state index in [-0.39, 0.29) is 35.8 Å². The minimum atomic E-state index is -1.10. The van der Waals surface area contributed by atoms with Crippen LogP contribution in [0.4, 0.5) is 4.79 Å². The molecule has 2 aromatic rings. The van der Waals surface area contributed by atoms with Gasteiger partial charge in [-0.15, -0.1) is 0 Å². The zero-order valence-corrected chi connectivity index (χ0v) is 17.5. The Morgan fingerprint density at radius 3 is 2.19 bits per heavy atom. The highest BCUT2D eigenvalue weighted by atomic mass is 16.6. The van der Waals surface area contributed by atoms with E-state index in [1.807, 2.05) is 0 Å². The van der Waals surface area contributed by atoms with E-state index in [2.05, 4.69) is 10.6 Å². The third-order valence-electron chi connectivity index (χ3n) is 4.50. The Bertz CT molecular complexity index is 995. The molecule has 11 heteroatoms. The highest BCUT2D eigenvalue weighted by Gasteiger charge is 2.25. The summed E-state index contributed by atoms with van der Waals surface area (Å²) in [7, 11) is 2.53. The number of carbonyl (C=O) groups is 3. The van der Waals surface area contributed by atoms with Crippen LogP contribution in [0, 0.1) is 0 Å². The molecule has 0 aliphatic carbocycles. The summed E-state index contributed by atoms with van der Waals surface area (Å²) < 4.78 is 9.62. The molecule has 7 N–H and O–H groups in total. The van der Waals surface area contributed by atoms with Gasteiger partial charge < -0.3 is 41.2 Å². The molecule has 11 nitrogen and oxygen atoms in total. The molecule has 0 heterocycles. The van der Waals surface area contributed by atoms with Crippen LogP contribution in [-0.2, 0) is 27.2 Å². The molecule has 2 rings (SSSR count). The largest absolute Gasteiger partial charge is 0.504 e. The van der Waals surface area contributed by atoms with Crippen molar-refractivity contribution in [2.24, 2.45) is 5.73 Å². The molecule has 0 aliphatic rings. The van der Waals surface area contributed by atoms with E-state index in [9.17, 15) is 29.7 Å². The van der Waals surface area contributed by atoms with E-state index in [1.165, 1.54) is 50.6 Å². The van der Waals surface area contributed by atoms with E-state index < -0.39 is 30.1 Å². The van der Waals surface area contributed by atoms with Gasteiger partial charge in [0, 0.05) is 13.5 Å². The standard InChI is InChI=1S/C21H25N3O8/c1-23-21(30)32-18-6-4-12(10-17(18)27)8-14(20(29)31-2)24-19(28)13(22)7-11-3-5-15(25)16(26)9-11/h3-6,9-10,13-14,25-27H,7-8,22H2,1-2H3,(H,23,30)(H,24,28)/t13-,14-/m0/s1. The van der Waals surface area contributed by atoms with Crippen LogP contribution in [0.1, 0.15) is 11.1 Å². The number of ether oxygens (including phenoxy) is 2. The Hall–Kier alpha value is -3.99. The molecule has 0 aromatic heterocycles. The molecule has 172 valence electrons. The normalized spacial score (nSPS) is 12.3. The monoisotopic (exact) mass is 447 g/mol. The Balaban J connectivity index is 2.08. The van der Waals surface area contributed by atoms with Gasteiger partial charge in [0.25, 0.3) is 0 Å². The maximum atomic E-state index is 12.5. The van der Waals surface area contributed by atoms with Crippen LogP contribution >= 0.6 is 0 Å². The van der Waals surface area contributed by atoms with Gasteiger partial charge in [0.2, 0.25) is 5.91 Å². The van der Waals surface area contributed by atoms with Crippen molar-refractivity contribution in [2.45, 2.75) is 24.9 Å². The third-order valence-corrected chi connectivity index (χ3v) is 4.50. The first-order valence-corrected chi connectivity index (χ1v) is 9.50. The van der Waals surface area contributed by atoms with E-state index in [4.69, 9.17) is 15.2 Å². The highest BCUT2D eigenvalue weighted by molar-refractivity contribution is 5.87. The predicted octanol–water partition coefficient (Wildman–Crippen LogP) is 0.292. The molecule has 0 radical (unpaired) electrons. The maximum absolute atomic E-state index is 12.5. The summed E-state index contributed by atoms with van der Waals surface area (Å²) >= 11 is 0. The van der Waals surface area contributed by atoms with Crippen molar-refractivity contribution in [2.75, 3.05) is 14.2 Å². The predicted molar refractivity (Wildman–Crippen MR) is 112 cm³/mol. The van der Waals surface area contributed by atoms with Crippen molar-refractivity contribution in [3.63, 3.8) is 0 Å². The lowest BCUT2D eigenvalue weighted by Gasteiger charge is -2.20. The molecule has 32 heavy (non-hydrogen) atoms. The molecule has 2 aromatic carbocycles. The number of aromatic hydroxyl groups is 3. The summed E-state index contributed by atoms with van der Waals surface area (Å²) in [6, 6.07) is 6.06. The number of hydrogen-bond acceptors (Lipinski definition) is 9. The second-order valence-corrected chi connectivity index (χ2v) is 6.86. The second kappa shape index (κ2) is 10.9. The van der Waals surface area contributed by atoms with Gasteiger partial charge in [-0.2, -0.15) is 0 Å². The number of phenols is 3. The number of nitrogens with two attached hydrogens (primary N) is 1. The number of carbonyl (C=O) groups excluding carboxylic acids is 3. The topological polar surface area (TPSA) is 180 Å². The van der Waals surface area contributed by atoms with Crippen LogP contribution in [0.5, 0.6) is 23.0 Å². The van der Waals surface area contributed by atoms with Crippen LogP contribution in [0.2, 0.25) is 0 Å². The van der Waals surface area contributed by atoms with Gasteiger partial charge in [-0.1, -0.05) is 12.1 Å². The van der Waals surface area contributed by atoms with Crippen LogP contribution < -0.4 is 21.1 Å². The molecule has 0 aliphatic heterocycles. The van der Waals surface area contributed by atoms with Gasteiger partial charge in [-0.25, -0.2) is 9.59 Å². The van der Waals surface area contributed by atoms with Gasteiger partial charge >= 0.3 is 12.1 Å². The Kier molecular flexibility index (Phi) is 8.24. The molecule has 0 bridgehead atoms. The zero-order valence-electron chi connectivity index (χ0n) is 17.5. The van der Waals surface area contributed by atoms with Gasteiger partial charge in [-0.05, 0) is 41.8 Å². The van der Waals surface area contributed by atoms with E-state index >= 15 is 0 Å². The molecule has 0 saturated heterocycles. The Labute approximate surface area is 183 Å². The first-order chi connectivity index (χ1) is 15.1. The Morgan fingerprint density at radius 2 is 1.59 bits per heavy atom. The summed E-state index contributed by atoms with van der Waals surface area (Å²) in [5.41, 5.74) is 6.89. The van der Waals surface area contributed by atoms with E-state index in [0.29, 0.717) is 11.1 Å². The van der Waals surface area contributed by atoms with Gasteiger partial charge in [-0.3, -0.25) is 4.79 Å². The first-order valence-electron chi connectivity index (χ1n) is 9.50. The van der Waals surface area contributed by atoms with Crippen molar-refractivity contribution in [3.8, 4) is 23.0 Å². The van der Waals surface area contributed by atoms with Gasteiger partial charge in [0.05, 0.1) is 13.2 Å². The number of benzene rings is 2. The fourth-order valence-corrected chi connectivity index (χ4v) is 2.82. The minimum Gasteiger partial charge on any atom is -0.504 e. The quantitative estimate of drug-likeness (QED) is 0.245. The lowest BCUT2D eigenvalue weighted by molar-refractivity contribution is -0.145. The summed E-state index contributed by atoms with van der Waals surface area (Å²) in [4.78, 5) is 36.0. The fraction of sp³-hybridized carbons (Fsp3) is 0.286. The van der Waals surface area contributed by atoms with Crippen LogP contribution in [0.3, 0.4) is 0 Å². The highest BCUT2D eigenvalue weighted by Crippen LogP contribution is 2.28. The first kappa shape index (κ1) is 24.3. The van der Waals surface area contributed by atoms with Gasteiger partial charge in [0.1, 0.15) is 6.04 Å². The molecule has 2 atom stereocenters. The minimum absolute atomic E-state index is 0.0288. The van der Waals surface area contributed by atoms with Crippen molar-refractivity contribution >= 4 is 18.0 Å². The van der Waals surface area contributed by atoms with Crippen LogP contribution in [-0.4, -0.2) is 59.5 Å². The van der Waals surface area contributed by atoms with Crippen molar-refractivity contribution in [1.82, 2.24) is 10.6 Å². The number of hydrogen-bond donors (Lipinski definition) is 6. The smallest absolute Gasteiger partial charge is 0.412 e. The lowest BCUT2D eigenvalue weighted by atomic mass is 10.0. The maximum Gasteiger partial charge on any atom is 0.412 e. The molecule has 0 unspecified atom stereocenters. The number of methoxy groups -OCH3 is 1. The van der Waals surface area contributed by atoms with Gasteiger partial charge in [0.15, 0.2) is 23.0 Å². The van der Waals surface area contributed by atoms with Crippen LogP contribution in [0.15, 0.2) is 36.4 Å². The summed E-state index contributed by atoms with van der Waals surface area (Å²) in [6.07, 6.45) is -0.748. The summed E-state index contributed by atoms with van der Waals surface area (Å²) in [5.74, 6) is -2.41. The fourth-order valence-electron chi connectivity index (χ4n) is 2.82. The zero-order chi connectivity index (χ0) is 23.8. The second-order valence-electron chi connectivity index (χ2n) is 6.86. The van der Waals surface area contributed by atoms with Crippen molar-refractivity contribution in [3.05, 3.63) is 47.5 Å². The third kappa shape index (κ3) is 6.51. The van der Waals surface area contributed by atoms with E-state index in [1.54, 1.807) is 0 Å². The molecule has 2 amide bonds. The van der Waals surface area contributed by atoms with E-state index in [0.717, 1.165) is 0 Å². The van der Waals surface area contributed by atoms with Crippen LogP contribution in [0.25, 0.3) is 0 Å². The van der Waals surface area contributed by atoms with Crippen molar-refractivity contribution in [1.29, 1.82) is 0 Å². The lowest BCUT2D eigenvalue weighted by Crippen LogP contribution is -2.50. The molecule has 0 spiro atoms. The SMILES string of the molecule is CNC(=O)Oc1ccc(C[C@H](NC(=O)[C@@H](N)Cc2ccc(O)c(O)c2)C(=O)OC)cc1O. The average Bonchev–Trinajstić information content (AvgIpc) is 2.76. The summed E-state index contributed by atoms with van der Waals surface area (Å²) in [5, 5.41) is 33.7. The number of phenolic OH excluding ortho intramolecular Hbond substituents is 3. The average molecular weight is 447 g/mol. The number of esters is 1. The number of rotatable bonds is 8. The molecule has 0 saturated carbocycles. The molecule has 0 fully saturated rings. The van der Waals surface area contributed by atoms with Crippen molar-refractivity contribution < 1.29 is 39.2 Å². The number of nitrogens with one attached hydrogen (secondary N) is 2. The molecular weight excluding hydrogens is 422 g/mol. The summed E-state index contributed by atoms with van der Waals surface area (Å²) in [6.45, 7) is 0. The molecular formula is C21H25N3O8. The Morgan fingerprint density at radius 1 is 0.969 bits per heavy atom.